The van der Waals surface area contributed by atoms with Crippen LogP contribution in [0.4, 0.5) is 30.7 Å². The Labute approximate surface area is 383 Å². The highest BCUT2D eigenvalue weighted by molar-refractivity contribution is 7.93. The Morgan fingerprint density at radius 1 is 1.01 bits per heavy atom. The molecule has 1 N–H and O–H groups in total. The zero-order valence-corrected chi connectivity index (χ0v) is 38.0. The molecule has 9 rings (SSSR count). The van der Waals surface area contributed by atoms with Gasteiger partial charge in [-0.1, -0.05) is 23.6 Å². The molecular formula is C46H41ClF7N7O5S. The van der Waals surface area contributed by atoms with Crippen LogP contribution in [0.5, 0.6) is 0 Å². The van der Waals surface area contributed by atoms with Crippen LogP contribution in [0.2, 0.25) is 5.02 Å². The van der Waals surface area contributed by atoms with Gasteiger partial charge in [0, 0.05) is 53.4 Å². The predicted octanol–water partition coefficient (Wildman–Crippen LogP) is 8.89. The van der Waals surface area contributed by atoms with Crippen molar-refractivity contribution in [3.63, 3.8) is 0 Å². The van der Waals surface area contributed by atoms with Gasteiger partial charge in [-0.2, -0.15) is 32.1 Å². The molecule has 0 amide bonds. The van der Waals surface area contributed by atoms with Crippen molar-refractivity contribution in [3.05, 3.63) is 110 Å². The van der Waals surface area contributed by atoms with E-state index in [4.69, 9.17) is 26.1 Å². The summed E-state index contributed by atoms with van der Waals surface area (Å²) in [5.41, 5.74) is -2.79. The first kappa shape index (κ1) is 46.5. The van der Waals surface area contributed by atoms with Crippen molar-refractivity contribution in [2.45, 2.75) is 112 Å². The Balaban J connectivity index is 1.19. The molecule has 2 aromatic carbocycles. The molecule has 0 unspecified atom stereocenters. The molecule has 4 heterocycles. The molecular weight excluding hydrogens is 931 g/mol. The number of alkyl halides is 5. The number of halogens is 8. The summed E-state index contributed by atoms with van der Waals surface area (Å²) in [5.74, 6) is -4.25. The minimum absolute atomic E-state index is 0.0290. The molecule has 3 aliphatic rings. The topological polar surface area (TPSA) is 159 Å². The van der Waals surface area contributed by atoms with Gasteiger partial charge in [0.15, 0.2) is 21.3 Å². The molecule has 4 aromatic heterocycles. The third-order valence-electron chi connectivity index (χ3n) is 12.5. The van der Waals surface area contributed by atoms with Crippen LogP contribution in [-0.2, 0) is 58.8 Å². The number of benzene rings is 2. The molecule has 2 fully saturated rings. The van der Waals surface area contributed by atoms with Crippen LogP contribution >= 0.6 is 11.6 Å². The first-order valence-corrected chi connectivity index (χ1v) is 23.2. The first-order chi connectivity index (χ1) is 31.2. The van der Waals surface area contributed by atoms with Crippen LogP contribution in [0, 0.1) is 29.4 Å². The number of sulfone groups is 1. The maximum absolute atomic E-state index is 15.6. The number of ketones is 1. The highest BCUT2D eigenvalue weighted by atomic mass is 35.5. The molecule has 2 saturated carbocycles. The third kappa shape index (κ3) is 8.51. The van der Waals surface area contributed by atoms with Crippen molar-refractivity contribution in [3.8, 4) is 23.0 Å². The summed E-state index contributed by atoms with van der Waals surface area (Å²) in [6, 6.07) is 9.05. The molecule has 0 saturated heterocycles. The molecule has 3 aliphatic carbocycles. The first-order valence-electron chi connectivity index (χ1n) is 21.2. The lowest BCUT2D eigenvalue weighted by atomic mass is 9.86. The van der Waals surface area contributed by atoms with Crippen molar-refractivity contribution in [2.75, 3.05) is 0 Å². The Hall–Kier alpha value is -5.65. The van der Waals surface area contributed by atoms with Crippen LogP contribution in [0.25, 0.3) is 22.0 Å². The number of rotatable bonds is 13. The largest absolute Gasteiger partial charge is 0.435 e. The SMILES string of the molecule is Cn1nc(Cc2nnc(C(C)(C)O)o2)c2c(Cl)ccc(-c3ccc(C#CC(C)(C)S(=O)(=O)C4CC4)nc3[C@@H](CC(=O)Cn3nc(C(F)(F)F)c4c3C(F)(F)[C@@H]3C[C@H]43)Cc3cc(F)cc(F)c3)c21. The third-order valence-corrected chi connectivity index (χ3v) is 15.7. The van der Waals surface area contributed by atoms with E-state index in [0.717, 1.165) is 12.1 Å². The number of hydrogen-bond donors (Lipinski definition) is 1. The van der Waals surface area contributed by atoms with Crippen LogP contribution in [0.3, 0.4) is 0 Å². The molecule has 12 nitrogen and oxygen atoms in total. The van der Waals surface area contributed by atoms with Gasteiger partial charge in [-0.05, 0) is 101 Å². The zero-order chi connectivity index (χ0) is 48.3. The monoisotopic (exact) mass is 971 g/mol. The van der Waals surface area contributed by atoms with Gasteiger partial charge in [0.2, 0.25) is 11.8 Å². The highest BCUT2D eigenvalue weighted by Crippen LogP contribution is 2.68. The summed E-state index contributed by atoms with van der Waals surface area (Å²) >= 11 is 6.85. The average molecular weight is 972 g/mol. The Morgan fingerprint density at radius 3 is 2.34 bits per heavy atom. The molecule has 0 bridgehead atoms. The number of carbonyl (C=O) groups excluding carboxylic acids is 1. The van der Waals surface area contributed by atoms with E-state index in [-0.39, 0.29) is 53.0 Å². The summed E-state index contributed by atoms with van der Waals surface area (Å²) in [7, 11) is -2.06. The number of nitrogens with zero attached hydrogens (tertiary/aromatic N) is 7. The van der Waals surface area contributed by atoms with E-state index >= 15 is 8.78 Å². The van der Waals surface area contributed by atoms with Gasteiger partial charge in [-0.3, -0.25) is 14.2 Å². The van der Waals surface area contributed by atoms with Crippen molar-refractivity contribution in [1.82, 2.24) is 34.7 Å². The Bertz CT molecular complexity index is 3170. The second-order valence-corrected chi connectivity index (χ2v) is 21.7. The fraction of sp³-hybridized carbons (Fsp3) is 0.435. The Kier molecular flexibility index (Phi) is 11.1. The lowest BCUT2D eigenvalue weighted by Gasteiger charge is -2.22. The van der Waals surface area contributed by atoms with Gasteiger partial charge in [0.25, 0.3) is 5.92 Å². The molecule has 6 aromatic rings. The summed E-state index contributed by atoms with van der Waals surface area (Å²) in [5, 5.41) is 26.8. The number of fused-ring (bicyclic) bond motifs is 4. The van der Waals surface area contributed by atoms with E-state index in [1.54, 1.807) is 25.2 Å². The number of aryl methyl sites for hydroxylation is 1. The lowest BCUT2D eigenvalue weighted by Crippen LogP contribution is -2.33. The minimum Gasteiger partial charge on any atom is -0.422 e. The molecule has 0 radical (unpaired) electrons. The summed E-state index contributed by atoms with van der Waals surface area (Å²) in [6.45, 7) is 4.89. The minimum atomic E-state index is -5.08. The number of Topliss-reactive ketones (excluding diaryl/α,β-unsaturated/α-hetero) is 1. The number of carbonyl (C=O) groups is 1. The van der Waals surface area contributed by atoms with E-state index < -0.39 is 103 Å². The predicted molar refractivity (Wildman–Crippen MR) is 229 cm³/mol. The molecule has 352 valence electrons. The number of hydrogen-bond acceptors (Lipinski definition) is 10. The molecule has 3 atom stereocenters. The summed E-state index contributed by atoms with van der Waals surface area (Å²) in [4.78, 5) is 19.1. The van der Waals surface area contributed by atoms with Gasteiger partial charge in [-0.15, -0.1) is 10.2 Å². The van der Waals surface area contributed by atoms with Gasteiger partial charge in [0.05, 0.1) is 33.6 Å². The summed E-state index contributed by atoms with van der Waals surface area (Å²) in [6.07, 6.45) is -5.18. The van der Waals surface area contributed by atoms with E-state index in [1.165, 1.54) is 38.4 Å². The molecule has 0 aliphatic heterocycles. The van der Waals surface area contributed by atoms with Crippen LogP contribution in [0.15, 0.2) is 46.9 Å². The number of aliphatic hydroxyl groups is 1. The summed E-state index contributed by atoms with van der Waals surface area (Å²) < 4.78 is 136. The maximum Gasteiger partial charge on any atom is 0.435 e. The number of pyridine rings is 1. The van der Waals surface area contributed by atoms with Crippen molar-refractivity contribution < 1.29 is 53.5 Å². The van der Waals surface area contributed by atoms with Gasteiger partial charge in [-0.25, -0.2) is 22.2 Å². The molecule has 67 heavy (non-hydrogen) atoms. The van der Waals surface area contributed by atoms with Crippen molar-refractivity contribution in [2.24, 2.45) is 13.0 Å². The fourth-order valence-corrected chi connectivity index (χ4v) is 11.1. The lowest BCUT2D eigenvalue weighted by molar-refractivity contribution is -0.142. The van der Waals surface area contributed by atoms with Crippen molar-refractivity contribution >= 4 is 38.1 Å². The van der Waals surface area contributed by atoms with Crippen LogP contribution < -0.4 is 0 Å². The van der Waals surface area contributed by atoms with E-state index in [1.807, 2.05) is 0 Å². The molecule has 21 heteroatoms. The van der Waals surface area contributed by atoms with E-state index in [0.29, 0.717) is 51.3 Å². The standard InChI is InChI=1S/C46H41ClF7N7O5S/c1-43(2,67(64,65)28-7-8-28)13-12-26-6-9-29(30-10-11-33(47)37-34(58-60(5)39(30)37)20-35-56-57-42(66-35)44(3,4)63)38(55-26)23(14-22-15-24(48)18-25(49)16-22)17-27(62)21-61-41-36(40(59-61)46(52,53)54)31-19-32(31)45(41,50)51/h6,9-11,15-16,18,23,28,31-32,63H,7-8,14,17,19-21H2,1-5H3/t23-,31+,32-/m1/s1. The van der Waals surface area contributed by atoms with E-state index in [2.05, 4.69) is 27.1 Å². The second kappa shape index (κ2) is 16.0. The van der Waals surface area contributed by atoms with Crippen LogP contribution in [0.1, 0.15) is 117 Å². The fourth-order valence-electron chi connectivity index (χ4n) is 9.06. The average Bonchev–Trinajstić information content (AvgIpc) is 4.10. The zero-order valence-electron chi connectivity index (χ0n) is 36.4. The highest BCUT2D eigenvalue weighted by Gasteiger charge is 2.68. The van der Waals surface area contributed by atoms with Gasteiger partial charge >= 0.3 is 6.18 Å². The van der Waals surface area contributed by atoms with Crippen LogP contribution in [-0.4, -0.2) is 64.0 Å². The van der Waals surface area contributed by atoms with Gasteiger partial charge in [0.1, 0.15) is 39.9 Å². The van der Waals surface area contributed by atoms with E-state index in [9.17, 15) is 40.3 Å². The maximum atomic E-state index is 15.6. The normalized spacial score (nSPS) is 18.4. The van der Waals surface area contributed by atoms with Gasteiger partial charge < -0.3 is 9.52 Å². The Morgan fingerprint density at radius 2 is 1.70 bits per heavy atom. The second-order valence-electron chi connectivity index (χ2n) is 18.5. The quantitative estimate of drug-likeness (QED) is 0.0876. The smallest absolute Gasteiger partial charge is 0.422 e. The molecule has 0 spiro atoms. The van der Waals surface area contributed by atoms with Crippen molar-refractivity contribution in [1.29, 1.82) is 0 Å². The number of aromatic nitrogens is 7.